The molecule has 3 heteroatoms. The number of nitrogens with one attached hydrogen (secondary N) is 1. The van der Waals surface area contributed by atoms with Crippen molar-refractivity contribution in [2.45, 2.75) is 32.1 Å². The van der Waals surface area contributed by atoms with Gasteiger partial charge in [-0.05, 0) is 12.8 Å². The minimum absolute atomic E-state index is 0.679. The van der Waals surface area contributed by atoms with Crippen molar-refractivity contribution in [2.75, 3.05) is 0 Å². The van der Waals surface area contributed by atoms with E-state index in [0.29, 0.717) is 6.42 Å². The summed E-state index contributed by atoms with van der Waals surface area (Å²) in [5.74, 6) is 1.05. The molecule has 0 atom stereocenters. The molecule has 0 radical (unpaired) electrons. The molecule has 0 fully saturated rings. The van der Waals surface area contributed by atoms with Gasteiger partial charge < -0.3 is 4.98 Å². The monoisotopic (exact) mass is 163 g/mol. The molecule has 0 amide bonds. The van der Waals surface area contributed by atoms with Crippen LogP contribution in [0.2, 0.25) is 0 Å². The number of aryl methyl sites for hydroxylation is 1. The summed E-state index contributed by atoms with van der Waals surface area (Å²) in [6.07, 6.45) is 8.53. The smallest absolute Gasteiger partial charge is 0.105 e. The number of hydrogen-bond acceptors (Lipinski definition) is 2. The maximum absolute atomic E-state index is 8.28. The third-order valence-electron chi connectivity index (χ3n) is 1.76. The normalized spacial score (nSPS) is 9.58. The van der Waals surface area contributed by atoms with Crippen LogP contribution in [0.25, 0.3) is 0 Å². The number of hydrogen-bond donors (Lipinski definition) is 1. The molecule has 12 heavy (non-hydrogen) atoms. The Balaban J connectivity index is 2.01. The van der Waals surface area contributed by atoms with E-state index >= 15 is 0 Å². The SMILES string of the molecule is N#CCCCCCc1ncc[nH]1. The first-order valence-corrected chi connectivity index (χ1v) is 4.28. The summed E-state index contributed by atoms with van der Waals surface area (Å²) in [5, 5.41) is 8.28. The second kappa shape index (κ2) is 5.36. The Hall–Kier alpha value is -1.30. The van der Waals surface area contributed by atoms with E-state index in [2.05, 4.69) is 16.0 Å². The molecule has 0 bridgehead atoms. The van der Waals surface area contributed by atoms with Gasteiger partial charge in [0.05, 0.1) is 6.07 Å². The molecule has 0 unspecified atom stereocenters. The van der Waals surface area contributed by atoms with E-state index in [4.69, 9.17) is 5.26 Å². The van der Waals surface area contributed by atoms with Crippen LogP contribution in [0.3, 0.4) is 0 Å². The van der Waals surface area contributed by atoms with E-state index in [0.717, 1.165) is 31.5 Å². The van der Waals surface area contributed by atoms with Crippen molar-refractivity contribution in [2.24, 2.45) is 0 Å². The summed E-state index contributed by atoms with van der Waals surface area (Å²) in [6.45, 7) is 0. The van der Waals surface area contributed by atoms with Crippen LogP contribution < -0.4 is 0 Å². The van der Waals surface area contributed by atoms with E-state index in [1.807, 2.05) is 6.20 Å². The first-order valence-electron chi connectivity index (χ1n) is 4.28. The van der Waals surface area contributed by atoms with Gasteiger partial charge in [-0.2, -0.15) is 5.26 Å². The molecule has 0 saturated heterocycles. The van der Waals surface area contributed by atoms with E-state index in [1.165, 1.54) is 0 Å². The molecule has 0 spiro atoms. The first-order chi connectivity index (χ1) is 5.93. The Labute approximate surface area is 72.4 Å². The van der Waals surface area contributed by atoms with Crippen LogP contribution in [0.5, 0.6) is 0 Å². The molecule has 1 heterocycles. The lowest BCUT2D eigenvalue weighted by Crippen LogP contribution is -1.87. The fraction of sp³-hybridized carbons (Fsp3) is 0.556. The molecule has 3 nitrogen and oxygen atoms in total. The van der Waals surface area contributed by atoms with Crippen LogP contribution in [0.4, 0.5) is 0 Å². The second-order valence-electron chi connectivity index (χ2n) is 2.75. The molecule has 0 aromatic carbocycles. The zero-order valence-electron chi connectivity index (χ0n) is 7.08. The van der Waals surface area contributed by atoms with Crippen LogP contribution in [-0.2, 0) is 6.42 Å². The number of aromatic nitrogens is 2. The zero-order valence-corrected chi connectivity index (χ0v) is 7.08. The summed E-state index contributed by atoms with van der Waals surface area (Å²) in [4.78, 5) is 7.17. The number of H-pyrrole nitrogens is 1. The molecule has 1 aromatic heterocycles. The summed E-state index contributed by atoms with van der Waals surface area (Å²) in [6, 6.07) is 2.14. The van der Waals surface area contributed by atoms with E-state index in [-0.39, 0.29) is 0 Å². The van der Waals surface area contributed by atoms with Gasteiger partial charge in [0.2, 0.25) is 0 Å². The van der Waals surface area contributed by atoms with Gasteiger partial charge in [0, 0.05) is 25.2 Å². The minimum atomic E-state index is 0.679. The van der Waals surface area contributed by atoms with Gasteiger partial charge in [-0.1, -0.05) is 6.42 Å². The lowest BCUT2D eigenvalue weighted by Gasteiger charge is -1.94. The van der Waals surface area contributed by atoms with Crippen molar-refractivity contribution in [1.82, 2.24) is 9.97 Å². The zero-order chi connectivity index (χ0) is 8.65. The first kappa shape index (κ1) is 8.79. The Morgan fingerprint density at radius 3 is 3.00 bits per heavy atom. The highest BCUT2D eigenvalue weighted by Crippen LogP contribution is 2.03. The molecule has 1 N–H and O–H groups in total. The Kier molecular flexibility index (Phi) is 3.93. The van der Waals surface area contributed by atoms with Crippen molar-refractivity contribution >= 4 is 0 Å². The Morgan fingerprint density at radius 1 is 1.42 bits per heavy atom. The number of nitrogens with zero attached hydrogens (tertiary/aromatic N) is 2. The molecule has 0 aliphatic heterocycles. The molecular weight excluding hydrogens is 150 g/mol. The van der Waals surface area contributed by atoms with Crippen molar-refractivity contribution in [3.8, 4) is 6.07 Å². The lowest BCUT2D eigenvalue weighted by molar-refractivity contribution is 0.676. The van der Waals surface area contributed by atoms with Crippen LogP contribution in [0.1, 0.15) is 31.5 Å². The molecule has 0 aliphatic carbocycles. The second-order valence-corrected chi connectivity index (χ2v) is 2.75. The molecule has 0 aliphatic rings. The highest BCUT2D eigenvalue weighted by atomic mass is 14.9. The number of imidazole rings is 1. The fourth-order valence-electron chi connectivity index (χ4n) is 1.11. The number of unbranched alkanes of at least 4 members (excludes halogenated alkanes) is 3. The Morgan fingerprint density at radius 2 is 2.33 bits per heavy atom. The van der Waals surface area contributed by atoms with Gasteiger partial charge in [-0.3, -0.25) is 0 Å². The van der Waals surface area contributed by atoms with Crippen LogP contribution in [0, 0.1) is 11.3 Å². The lowest BCUT2D eigenvalue weighted by atomic mass is 10.1. The molecule has 64 valence electrons. The van der Waals surface area contributed by atoms with Crippen LogP contribution in [0.15, 0.2) is 12.4 Å². The van der Waals surface area contributed by atoms with Crippen molar-refractivity contribution < 1.29 is 0 Å². The number of rotatable bonds is 5. The Bertz CT molecular complexity index is 233. The van der Waals surface area contributed by atoms with Gasteiger partial charge in [0.15, 0.2) is 0 Å². The minimum Gasteiger partial charge on any atom is -0.349 e. The average molecular weight is 163 g/mol. The van der Waals surface area contributed by atoms with E-state index in [9.17, 15) is 0 Å². The van der Waals surface area contributed by atoms with Gasteiger partial charge in [-0.15, -0.1) is 0 Å². The summed E-state index contributed by atoms with van der Waals surface area (Å²) in [5.41, 5.74) is 0. The predicted molar refractivity (Wildman–Crippen MR) is 46.4 cm³/mol. The van der Waals surface area contributed by atoms with Gasteiger partial charge in [-0.25, -0.2) is 4.98 Å². The maximum atomic E-state index is 8.28. The highest BCUT2D eigenvalue weighted by Gasteiger charge is 1.93. The molecule has 1 aromatic rings. The van der Waals surface area contributed by atoms with Crippen molar-refractivity contribution in [3.05, 3.63) is 18.2 Å². The van der Waals surface area contributed by atoms with Crippen LogP contribution >= 0.6 is 0 Å². The van der Waals surface area contributed by atoms with Gasteiger partial charge >= 0.3 is 0 Å². The number of aromatic amines is 1. The van der Waals surface area contributed by atoms with Gasteiger partial charge in [0.1, 0.15) is 5.82 Å². The third-order valence-corrected chi connectivity index (χ3v) is 1.76. The topological polar surface area (TPSA) is 52.5 Å². The fourth-order valence-corrected chi connectivity index (χ4v) is 1.11. The quantitative estimate of drug-likeness (QED) is 0.675. The molecule has 0 saturated carbocycles. The predicted octanol–water partition coefficient (Wildman–Crippen LogP) is 2.04. The summed E-state index contributed by atoms with van der Waals surface area (Å²) >= 11 is 0. The largest absolute Gasteiger partial charge is 0.349 e. The third kappa shape index (κ3) is 3.20. The van der Waals surface area contributed by atoms with Gasteiger partial charge in [0.25, 0.3) is 0 Å². The highest BCUT2D eigenvalue weighted by molar-refractivity contribution is 4.86. The summed E-state index contributed by atoms with van der Waals surface area (Å²) < 4.78 is 0. The maximum Gasteiger partial charge on any atom is 0.105 e. The summed E-state index contributed by atoms with van der Waals surface area (Å²) in [7, 11) is 0. The average Bonchev–Trinajstić information content (AvgIpc) is 2.57. The standard InChI is InChI=1S/C9H13N3/c10-6-4-2-1-3-5-9-11-7-8-12-9/h7-8H,1-5H2,(H,11,12). The molecular formula is C9H13N3. The van der Waals surface area contributed by atoms with E-state index in [1.54, 1.807) is 6.20 Å². The van der Waals surface area contributed by atoms with Crippen molar-refractivity contribution in [1.29, 1.82) is 5.26 Å². The van der Waals surface area contributed by atoms with Crippen molar-refractivity contribution in [3.63, 3.8) is 0 Å². The number of nitriles is 1. The van der Waals surface area contributed by atoms with Crippen LogP contribution in [-0.4, -0.2) is 9.97 Å². The molecule has 1 rings (SSSR count). The van der Waals surface area contributed by atoms with E-state index < -0.39 is 0 Å².